The number of aliphatic imine (C=N–C) groups is 1. The number of esters is 1. The lowest BCUT2D eigenvalue weighted by Crippen LogP contribution is -2.46. The number of piperidine rings is 1. The summed E-state index contributed by atoms with van der Waals surface area (Å²) >= 11 is 6.41. The highest BCUT2D eigenvalue weighted by molar-refractivity contribution is 6.31. The Morgan fingerprint density at radius 3 is 2.62 bits per heavy atom. The van der Waals surface area contributed by atoms with Gasteiger partial charge >= 0.3 is 5.97 Å². The van der Waals surface area contributed by atoms with E-state index in [1.165, 1.54) is 25.3 Å². The smallest absolute Gasteiger partial charge is 0.338 e. The summed E-state index contributed by atoms with van der Waals surface area (Å²) in [5.74, 6) is 3.80. The summed E-state index contributed by atoms with van der Waals surface area (Å²) in [6.07, 6.45) is 13.8. The number of hydrogen-bond acceptors (Lipinski definition) is 7. The highest BCUT2D eigenvalue weighted by atomic mass is 35.5. The van der Waals surface area contributed by atoms with Gasteiger partial charge in [0.2, 0.25) is 0 Å². The van der Waals surface area contributed by atoms with Gasteiger partial charge in [-0.25, -0.2) is 9.18 Å². The number of aromatic nitrogens is 1. The van der Waals surface area contributed by atoms with Crippen LogP contribution < -0.4 is 5.32 Å². The fourth-order valence-electron chi connectivity index (χ4n) is 4.66. The molecule has 1 fully saturated rings. The summed E-state index contributed by atoms with van der Waals surface area (Å²) in [5, 5.41) is 13.9. The number of hydrogen-bond donors (Lipinski definition) is 2. The lowest BCUT2D eigenvalue weighted by atomic mass is 9.81. The molecule has 4 rings (SSSR count). The van der Waals surface area contributed by atoms with E-state index in [4.69, 9.17) is 34.2 Å². The Labute approximate surface area is 220 Å². The van der Waals surface area contributed by atoms with Gasteiger partial charge in [-0.3, -0.25) is 14.9 Å². The van der Waals surface area contributed by atoms with Gasteiger partial charge in [-0.2, -0.15) is 0 Å². The first-order chi connectivity index (χ1) is 17.8. The second kappa shape index (κ2) is 11.1. The normalized spacial score (nSPS) is 18.9. The van der Waals surface area contributed by atoms with Gasteiger partial charge in [0.05, 0.1) is 12.7 Å². The zero-order chi connectivity index (χ0) is 26.6. The Bertz CT molecular complexity index is 1310. The van der Waals surface area contributed by atoms with Crippen LogP contribution in [0.2, 0.25) is 5.02 Å². The molecule has 0 spiro atoms. The molecule has 0 radical (unpaired) electrons. The lowest BCUT2D eigenvalue weighted by molar-refractivity contribution is -0.136. The highest BCUT2D eigenvalue weighted by Gasteiger charge is 2.38. The Balaban J connectivity index is 1.71. The molecule has 37 heavy (non-hydrogen) atoms. The third-order valence-corrected chi connectivity index (χ3v) is 7.02. The van der Waals surface area contributed by atoms with Crippen LogP contribution in [0.4, 0.5) is 4.39 Å². The zero-order valence-corrected chi connectivity index (χ0v) is 21.0. The minimum atomic E-state index is -1.59. The second-order valence-electron chi connectivity index (χ2n) is 8.88. The van der Waals surface area contributed by atoms with Crippen LogP contribution in [0.5, 0.6) is 0 Å². The van der Waals surface area contributed by atoms with Gasteiger partial charge in [-0.1, -0.05) is 35.6 Å². The monoisotopic (exact) mass is 520 g/mol. The third-order valence-electron chi connectivity index (χ3n) is 6.70. The molecule has 1 aromatic heterocycles. The van der Waals surface area contributed by atoms with Crippen molar-refractivity contribution in [2.75, 3.05) is 26.7 Å². The van der Waals surface area contributed by atoms with Crippen molar-refractivity contribution >= 4 is 23.4 Å². The molecule has 1 saturated heterocycles. The average Bonchev–Trinajstić information content (AvgIpc) is 2.92. The van der Waals surface area contributed by atoms with E-state index in [0.29, 0.717) is 55.3 Å². The van der Waals surface area contributed by atoms with Crippen LogP contribution >= 0.6 is 11.6 Å². The van der Waals surface area contributed by atoms with Crippen molar-refractivity contribution in [3.8, 4) is 24.7 Å². The van der Waals surface area contributed by atoms with Gasteiger partial charge in [-0.05, 0) is 50.2 Å². The van der Waals surface area contributed by atoms with E-state index in [2.05, 4.69) is 27.0 Å². The predicted molar refractivity (Wildman–Crippen MR) is 139 cm³/mol. The minimum absolute atomic E-state index is 0.139. The van der Waals surface area contributed by atoms with Crippen LogP contribution in [0.15, 0.2) is 58.9 Å². The molecule has 1 unspecified atom stereocenters. The topological polar surface area (TPSA) is 87.0 Å². The molecule has 190 valence electrons. The van der Waals surface area contributed by atoms with E-state index in [1.807, 2.05) is 6.07 Å². The van der Waals surface area contributed by atoms with Crippen molar-refractivity contribution in [1.29, 1.82) is 0 Å². The molecule has 2 aliphatic heterocycles. The first kappa shape index (κ1) is 26.4. The van der Waals surface area contributed by atoms with Crippen molar-refractivity contribution in [3.63, 3.8) is 0 Å². The highest BCUT2D eigenvalue weighted by Crippen LogP contribution is 2.37. The molecule has 0 bridgehead atoms. The Morgan fingerprint density at radius 2 is 2.03 bits per heavy atom. The average molecular weight is 521 g/mol. The molecule has 1 atom stereocenters. The molecule has 3 heterocycles. The van der Waals surface area contributed by atoms with Crippen LogP contribution in [-0.2, 0) is 9.53 Å². The SMILES string of the molecule is C#CC(O)(C#C)C1CCN(CC2=C(C(=O)OC)C(c3ccc(F)cc3Cl)N=C(c3ccccn3)N2)CC1. The number of terminal acetylenes is 2. The van der Waals surface area contributed by atoms with Crippen molar-refractivity contribution in [2.24, 2.45) is 10.9 Å². The Morgan fingerprint density at radius 1 is 1.30 bits per heavy atom. The summed E-state index contributed by atoms with van der Waals surface area (Å²) in [6.45, 7) is 1.53. The van der Waals surface area contributed by atoms with Crippen molar-refractivity contribution < 1.29 is 19.0 Å². The number of carbonyl (C=O) groups is 1. The summed E-state index contributed by atoms with van der Waals surface area (Å²) in [5.41, 5.74) is 0.272. The standard InChI is InChI=1S/C28H26ClFN4O3/c1-4-28(36,5-2)18-11-14-34(15-12-18)17-23-24(27(35)37-3)25(20-10-9-19(30)16-21(20)29)33-26(32-23)22-8-6-7-13-31-22/h1-2,6-10,13,16,18,25,36H,11-12,14-15,17H2,3H3,(H,32,33). The third kappa shape index (κ3) is 5.52. The number of halogens is 2. The molecule has 9 heteroatoms. The summed E-state index contributed by atoms with van der Waals surface area (Å²) in [4.78, 5) is 24.3. The first-order valence-corrected chi connectivity index (χ1v) is 12.1. The fourth-order valence-corrected chi connectivity index (χ4v) is 4.93. The molecule has 0 saturated carbocycles. The maximum atomic E-state index is 13.8. The van der Waals surface area contributed by atoms with Crippen molar-refractivity contribution in [1.82, 2.24) is 15.2 Å². The molecular formula is C28H26ClFN4O3. The lowest BCUT2D eigenvalue weighted by Gasteiger charge is -2.37. The maximum absolute atomic E-state index is 13.8. The Hall–Kier alpha value is -3.69. The molecule has 0 amide bonds. The quantitative estimate of drug-likeness (QED) is 0.449. The van der Waals surface area contributed by atoms with E-state index in [-0.39, 0.29) is 16.5 Å². The van der Waals surface area contributed by atoms with Crippen LogP contribution in [0.25, 0.3) is 0 Å². The van der Waals surface area contributed by atoms with E-state index >= 15 is 0 Å². The van der Waals surface area contributed by atoms with Gasteiger partial charge in [0.15, 0.2) is 11.4 Å². The summed E-state index contributed by atoms with van der Waals surface area (Å²) in [6, 6.07) is 8.54. The number of likely N-dealkylation sites (tertiary alicyclic amines) is 1. The van der Waals surface area contributed by atoms with E-state index < -0.39 is 23.4 Å². The molecule has 1 aromatic carbocycles. The van der Waals surface area contributed by atoms with Gasteiger partial charge < -0.3 is 15.2 Å². The minimum Gasteiger partial charge on any atom is -0.466 e. The zero-order valence-electron chi connectivity index (χ0n) is 20.2. The Kier molecular flexibility index (Phi) is 7.94. The van der Waals surface area contributed by atoms with Crippen molar-refractivity contribution in [3.05, 3.63) is 76.0 Å². The summed E-state index contributed by atoms with van der Waals surface area (Å²) in [7, 11) is 1.29. The van der Waals surface area contributed by atoms with E-state index in [0.717, 1.165) is 0 Å². The van der Waals surface area contributed by atoms with Crippen LogP contribution in [-0.4, -0.2) is 59.1 Å². The number of benzene rings is 1. The predicted octanol–water partition coefficient (Wildman–Crippen LogP) is 3.10. The molecule has 2 aromatic rings. The number of pyridine rings is 1. The molecule has 7 nitrogen and oxygen atoms in total. The number of nitrogens with one attached hydrogen (secondary N) is 1. The maximum Gasteiger partial charge on any atom is 0.338 e. The first-order valence-electron chi connectivity index (χ1n) is 11.7. The second-order valence-corrected chi connectivity index (χ2v) is 9.28. The van der Waals surface area contributed by atoms with Crippen molar-refractivity contribution in [2.45, 2.75) is 24.5 Å². The van der Waals surface area contributed by atoms with E-state index in [1.54, 1.807) is 18.3 Å². The molecule has 2 aliphatic rings. The number of nitrogens with zero attached hydrogens (tertiary/aromatic N) is 3. The number of ether oxygens (including phenoxy) is 1. The van der Waals surface area contributed by atoms with Gasteiger partial charge in [0, 0.05) is 34.9 Å². The van der Waals surface area contributed by atoms with E-state index in [9.17, 15) is 14.3 Å². The van der Waals surface area contributed by atoms with Gasteiger partial charge in [-0.15, -0.1) is 12.8 Å². The number of carbonyl (C=O) groups excluding carboxylic acids is 1. The number of methoxy groups -OCH3 is 1. The number of amidine groups is 1. The van der Waals surface area contributed by atoms with Crippen LogP contribution in [0, 0.1) is 36.4 Å². The molecule has 0 aliphatic carbocycles. The van der Waals surface area contributed by atoms with Crippen LogP contribution in [0.3, 0.4) is 0 Å². The molecule has 2 N–H and O–H groups in total. The summed E-state index contributed by atoms with van der Waals surface area (Å²) < 4.78 is 19.0. The van der Waals surface area contributed by atoms with Crippen LogP contribution in [0.1, 0.15) is 30.1 Å². The largest absolute Gasteiger partial charge is 0.466 e. The van der Waals surface area contributed by atoms with Gasteiger partial charge in [0.25, 0.3) is 0 Å². The molecular weight excluding hydrogens is 495 g/mol. The number of rotatable bonds is 6. The van der Waals surface area contributed by atoms with Gasteiger partial charge in [0.1, 0.15) is 17.6 Å². The fraction of sp³-hybridized carbons (Fsp3) is 0.321. The number of aliphatic hydroxyl groups is 1.